The predicted molar refractivity (Wildman–Crippen MR) is 73.5 cm³/mol. The van der Waals surface area contributed by atoms with Crippen molar-refractivity contribution in [1.29, 1.82) is 0 Å². The van der Waals surface area contributed by atoms with Crippen LogP contribution in [0.15, 0.2) is 24.3 Å². The Balaban J connectivity index is 2.20. The maximum atomic E-state index is 11.4. The van der Waals surface area contributed by atoms with Crippen LogP contribution in [0, 0.1) is 10.1 Å². The van der Waals surface area contributed by atoms with Gasteiger partial charge in [-0.05, 0) is 12.8 Å². The van der Waals surface area contributed by atoms with Gasteiger partial charge in [0.2, 0.25) is 0 Å². The molecular weight excluding hydrogens is 260 g/mol. The molecule has 1 fully saturated rings. The molecule has 1 aromatic rings. The van der Waals surface area contributed by atoms with Crippen LogP contribution in [0.2, 0.25) is 0 Å². The van der Waals surface area contributed by atoms with Crippen LogP contribution >= 0.6 is 0 Å². The minimum Gasteiger partial charge on any atom is -0.465 e. The first-order chi connectivity index (χ1) is 9.59. The van der Waals surface area contributed by atoms with Crippen LogP contribution in [-0.4, -0.2) is 27.1 Å². The molecular formula is C14H18N2O4. The van der Waals surface area contributed by atoms with Crippen LogP contribution in [-0.2, 0) is 6.54 Å². The van der Waals surface area contributed by atoms with Crippen LogP contribution in [0.3, 0.4) is 0 Å². The van der Waals surface area contributed by atoms with Crippen LogP contribution < -0.4 is 0 Å². The SMILES string of the molecule is O=C(O)N(Cc1ccccc1[N+](=O)[O-])C1CCCCC1. The van der Waals surface area contributed by atoms with E-state index >= 15 is 0 Å². The fraction of sp³-hybridized carbons (Fsp3) is 0.500. The average Bonchev–Trinajstić information content (AvgIpc) is 2.45. The van der Waals surface area contributed by atoms with E-state index in [0.717, 1.165) is 32.1 Å². The smallest absolute Gasteiger partial charge is 0.407 e. The first-order valence-electron chi connectivity index (χ1n) is 6.81. The van der Waals surface area contributed by atoms with Crippen molar-refractivity contribution in [2.45, 2.75) is 44.7 Å². The lowest BCUT2D eigenvalue weighted by atomic mass is 9.94. The Morgan fingerprint density at radius 1 is 1.30 bits per heavy atom. The van der Waals surface area contributed by atoms with Gasteiger partial charge in [0.05, 0.1) is 11.5 Å². The van der Waals surface area contributed by atoms with E-state index in [9.17, 15) is 20.0 Å². The fourth-order valence-electron chi connectivity index (χ4n) is 2.75. The van der Waals surface area contributed by atoms with E-state index in [1.54, 1.807) is 18.2 Å². The summed E-state index contributed by atoms with van der Waals surface area (Å²) in [5.41, 5.74) is 0.431. The molecule has 20 heavy (non-hydrogen) atoms. The summed E-state index contributed by atoms with van der Waals surface area (Å²) in [7, 11) is 0. The summed E-state index contributed by atoms with van der Waals surface area (Å²) in [5, 5.41) is 20.4. The maximum Gasteiger partial charge on any atom is 0.407 e. The number of para-hydroxylation sites is 1. The lowest BCUT2D eigenvalue weighted by Crippen LogP contribution is -2.40. The summed E-state index contributed by atoms with van der Waals surface area (Å²) < 4.78 is 0. The summed E-state index contributed by atoms with van der Waals surface area (Å²) in [4.78, 5) is 23.3. The molecule has 2 rings (SSSR count). The third-order valence-electron chi connectivity index (χ3n) is 3.79. The van der Waals surface area contributed by atoms with Crippen molar-refractivity contribution in [2.75, 3.05) is 0 Å². The standard InChI is InChI=1S/C14H18N2O4/c17-14(18)15(12-7-2-1-3-8-12)10-11-6-4-5-9-13(11)16(19)20/h4-6,9,12H,1-3,7-8,10H2,(H,17,18). The maximum absolute atomic E-state index is 11.4. The Bertz CT molecular complexity index is 498. The normalized spacial score (nSPS) is 15.8. The molecule has 0 spiro atoms. The minimum absolute atomic E-state index is 0.0189. The van der Waals surface area contributed by atoms with Crippen LogP contribution in [0.4, 0.5) is 10.5 Å². The Labute approximate surface area is 117 Å². The topological polar surface area (TPSA) is 83.7 Å². The zero-order chi connectivity index (χ0) is 14.5. The Kier molecular flexibility index (Phi) is 4.55. The molecule has 0 unspecified atom stereocenters. The van der Waals surface area contributed by atoms with Gasteiger partial charge in [-0.1, -0.05) is 37.5 Å². The number of carboxylic acid groups (broad SMARTS) is 1. The summed E-state index contributed by atoms with van der Waals surface area (Å²) >= 11 is 0. The van der Waals surface area contributed by atoms with Gasteiger partial charge in [0.25, 0.3) is 5.69 Å². The van der Waals surface area contributed by atoms with Crippen LogP contribution in [0.5, 0.6) is 0 Å². The van der Waals surface area contributed by atoms with Gasteiger partial charge in [0, 0.05) is 17.7 Å². The second kappa shape index (κ2) is 6.36. The highest BCUT2D eigenvalue weighted by molar-refractivity contribution is 5.65. The highest BCUT2D eigenvalue weighted by atomic mass is 16.6. The Morgan fingerprint density at radius 3 is 2.55 bits per heavy atom. The van der Waals surface area contributed by atoms with Gasteiger partial charge in [-0.25, -0.2) is 4.79 Å². The minimum atomic E-state index is -1.00. The molecule has 0 heterocycles. The molecule has 1 aliphatic carbocycles. The second-order valence-corrected chi connectivity index (χ2v) is 5.09. The van der Waals surface area contributed by atoms with Crippen molar-refractivity contribution >= 4 is 11.8 Å². The van der Waals surface area contributed by atoms with Crippen molar-refractivity contribution in [1.82, 2.24) is 4.90 Å². The first kappa shape index (κ1) is 14.3. The fourth-order valence-corrected chi connectivity index (χ4v) is 2.75. The molecule has 1 amide bonds. The monoisotopic (exact) mass is 278 g/mol. The van der Waals surface area contributed by atoms with Gasteiger partial charge in [-0.15, -0.1) is 0 Å². The number of amides is 1. The second-order valence-electron chi connectivity index (χ2n) is 5.09. The highest BCUT2D eigenvalue weighted by Crippen LogP contribution is 2.26. The van der Waals surface area contributed by atoms with E-state index in [2.05, 4.69) is 0 Å². The van der Waals surface area contributed by atoms with Crippen LogP contribution in [0.1, 0.15) is 37.7 Å². The van der Waals surface area contributed by atoms with Crippen molar-refractivity contribution in [3.05, 3.63) is 39.9 Å². The zero-order valence-electron chi connectivity index (χ0n) is 11.2. The molecule has 1 saturated carbocycles. The third-order valence-corrected chi connectivity index (χ3v) is 3.79. The molecule has 6 heteroatoms. The lowest BCUT2D eigenvalue weighted by Gasteiger charge is -2.32. The molecule has 1 aliphatic rings. The number of benzene rings is 1. The highest BCUT2D eigenvalue weighted by Gasteiger charge is 2.27. The summed E-state index contributed by atoms with van der Waals surface area (Å²) in [5.74, 6) is 0. The molecule has 108 valence electrons. The molecule has 0 aliphatic heterocycles. The molecule has 0 bridgehead atoms. The molecule has 0 aromatic heterocycles. The average molecular weight is 278 g/mol. The number of nitro groups is 1. The number of nitro benzene ring substituents is 1. The summed E-state index contributed by atoms with van der Waals surface area (Å²) in [6.07, 6.45) is 3.85. The number of nitrogens with zero attached hydrogens (tertiary/aromatic N) is 2. The molecule has 1 N–H and O–H groups in total. The van der Waals surface area contributed by atoms with E-state index in [4.69, 9.17) is 0 Å². The van der Waals surface area contributed by atoms with Gasteiger partial charge in [-0.3, -0.25) is 10.1 Å². The van der Waals surface area contributed by atoms with E-state index in [0.29, 0.717) is 5.56 Å². The van der Waals surface area contributed by atoms with Gasteiger partial charge >= 0.3 is 6.09 Å². The largest absolute Gasteiger partial charge is 0.465 e. The van der Waals surface area contributed by atoms with Gasteiger partial charge in [0.1, 0.15) is 0 Å². The Morgan fingerprint density at radius 2 is 1.95 bits per heavy atom. The van der Waals surface area contributed by atoms with Gasteiger partial charge in [0.15, 0.2) is 0 Å². The molecule has 1 aromatic carbocycles. The number of rotatable bonds is 4. The van der Waals surface area contributed by atoms with Crippen molar-refractivity contribution in [3.8, 4) is 0 Å². The quantitative estimate of drug-likeness (QED) is 0.675. The molecule has 0 saturated heterocycles. The molecule has 6 nitrogen and oxygen atoms in total. The number of hydrogen-bond acceptors (Lipinski definition) is 3. The molecule has 0 radical (unpaired) electrons. The van der Waals surface area contributed by atoms with E-state index in [1.165, 1.54) is 11.0 Å². The lowest BCUT2D eigenvalue weighted by molar-refractivity contribution is -0.385. The Hall–Kier alpha value is -2.11. The van der Waals surface area contributed by atoms with Crippen LogP contribution in [0.25, 0.3) is 0 Å². The first-order valence-corrected chi connectivity index (χ1v) is 6.81. The third kappa shape index (κ3) is 3.26. The number of carbonyl (C=O) groups is 1. The van der Waals surface area contributed by atoms with Gasteiger partial charge in [-0.2, -0.15) is 0 Å². The van der Waals surface area contributed by atoms with E-state index < -0.39 is 11.0 Å². The van der Waals surface area contributed by atoms with Crippen molar-refractivity contribution in [2.24, 2.45) is 0 Å². The van der Waals surface area contributed by atoms with E-state index in [-0.39, 0.29) is 18.3 Å². The predicted octanol–water partition coefficient (Wildman–Crippen LogP) is 3.41. The summed E-state index contributed by atoms with van der Waals surface area (Å²) in [6, 6.07) is 6.30. The summed E-state index contributed by atoms with van der Waals surface area (Å²) in [6.45, 7) is 0.0805. The number of hydrogen-bond donors (Lipinski definition) is 1. The van der Waals surface area contributed by atoms with Crippen molar-refractivity contribution in [3.63, 3.8) is 0 Å². The van der Waals surface area contributed by atoms with E-state index in [1.807, 2.05) is 0 Å². The molecule has 0 atom stereocenters. The zero-order valence-corrected chi connectivity index (χ0v) is 11.2. The van der Waals surface area contributed by atoms with Crippen molar-refractivity contribution < 1.29 is 14.8 Å². The van der Waals surface area contributed by atoms with Gasteiger partial charge < -0.3 is 10.0 Å².